The van der Waals surface area contributed by atoms with Gasteiger partial charge < -0.3 is 10.8 Å². The van der Waals surface area contributed by atoms with Crippen molar-refractivity contribution < 1.29 is 17.9 Å². The molecule has 1 aromatic rings. The lowest BCUT2D eigenvalue weighted by atomic mass is 10.3. The first-order valence-corrected chi connectivity index (χ1v) is 6.52. The van der Waals surface area contributed by atoms with Gasteiger partial charge in [0.25, 0.3) is 0 Å². The smallest absolute Gasteiger partial charge is 0.243 e. The minimum atomic E-state index is -4.08. The minimum absolute atomic E-state index is 0.0359. The van der Waals surface area contributed by atoms with Crippen molar-refractivity contribution in [1.29, 1.82) is 0 Å². The zero-order valence-electron chi connectivity index (χ0n) is 8.94. The van der Waals surface area contributed by atoms with Gasteiger partial charge in [0.2, 0.25) is 10.0 Å². The molecule has 0 aliphatic rings. The maximum absolute atomic E-state index is 13.5. The molecule has 1 atom stereocenters. The van der Waals surface area contributed by atoms with Crippen LogP contribution in [0.3, 0.4) is 0 Å². The zero-order chi connectivity index (χ0) is 13.2. The van der Waals surface area contributed by atoms with Gasteiger partial charge in [-0.1, -0.05) is 11.6 Å². The van der Waals surface area contributed by atoms with Gasteiger partial charge in [-0.2, -0.15) is 0 Å². The summed E-state index contributed by atoms with van der Waals surface area (Å²) in [5.74, 6) is -1.07. The molecule has 0 aliphatic carbocycles. The molecule has 5 nitrogen and oxygen atoms in total. The van der Waals surface area contributed by atoms with Gasteiger partial charge in [0.05, 0.1) is 11.1 Å². The predicted octanol–water partition coefficient (Wildman–Crippen LogP) is 0.720. The fourth-order valence-corrected chi connectivity index (χ4v) is 2.62. The molecule has 0 heterocycles. The zero-order valence-corrected chi connectivity index (χ0v) is 10.5. The molecule has 0 radical (unpaired) electrons. The Morgan fingerprint density at radius 3 is 2.71 bits per heavy atom. The number of rotatable bonds is 4. The van der Waals surface area contributed by atoms with Crippen LogP contribution >= 0.6 is 11.6 Å². The average molecular weight is 283 g/mol. The van der Waals surface area contributed by atoms with Crippen LogP contribution in [0.2, 0.25) is 5.02 Å². The number of halogens is 2. The van der Waals surface area contributed by atoms with E-state index in [0.29, 0.717) is 0 Å². The fourth-order valence-electron chi connectivity index (χ4n) is 1.09. The molecule has 0 saturated heterocycles. The summed E-state index contributed by atoms with van der Waals surface area (Å²) in [6.45, 7) is 1.17. The molecule has 0 unspecified atom stereocenters. The van der Waals surface area contributed by atoms with Gasteiger partial charge in [-0.15, -0.1) is 0 Å². The Labute approximate surface area is 103 Å². The number of nitrogens with two attached hydrogens (primary N) is 1. The highest BCUT2D eigenvalue weighted by atomic mass is 35.5. The third kappa shape index (κ3) is 3.53. The van der Waals surface area contributed by atoms with E-state index in [1.165, 1.54) is 6.92 Å². The highest BCUT2D eigenvalue weighted by Gasteiger charge is 2.22. The fraction of sp³-hybridized carbons (Fsp3) is 0.333. The van der Waals surface area contributed by atoms with Crippen LogP contribution in [0.1, 0.15) is 6.92 Å². The van der Waals surface area contributed by atoms with Crippen molar-refractivity contribution in [3.63, 3.8) is 0 Å². The van der Waals surface area contributed by atoms with E-state index < -0.39 is 26.8 Å². The van der Waals surface area contributed by atoms with Crippen molar-refractivity contribution in [3.05, 3.63) is 23.0 Å². The van der Waals surface area contributed by atoms with E-state index in [0.717, 1.165) is 12.1 Å². The molecule has 1 rings (SSSR count). The number of aliphatic hydroxyl groups is 1. The molecule has 0 spiro atoms. The number of hydrogen-bond donors (Lipinski definition) is 3. The van der Waals surface area contributed by atoms with Crippen LogP contribution in [-0.4, -0.2) is 26.2 Å². The Morgan fingerprint density at radius 2 is 2.18 bits per heavy atom. The molecule has 8 heteroatoms. The van der Waals surface area contributed by atoms with Crippen LogP contribution in [0.15, 0.2) is 17.0 Å². The van der Waals surface area contributed by atoms with Crippen molar-refractivity contribution in [1.82, 2.24) is 4.72 Å². The number of sulfonamides is 1. The maximum Gasteiger partial charge on any atom is 0.243 e. The lowest BCUT2D eigenvalue weighted by Gasteiger charge is -2.10. The first-order chi connectivity index (χ1) is 7.74. The second kappa shape index (κ2) is 5.18. The summed E-state index contributed by atoms with van der Waals surface area (Å²) >= 11 is 5.49. The summed E-state index contributed by atoms with van der Waals surface area (Å²) in [7, 11) is -4.08. The molecular formula is C9H12ClFN2O3S. The van der Waals surface area contributed by atoms with Crippen LogP contribution in [0.4, 0.5) is 10.1 Å². The topological polar surface area (TPSA) is 92.4 Å². The minimum Gasteiger partial charge on any atom is -0.399 e. The van der Waals surface area contributed by atoms with Gasteiger partial charge in [0, 0.05) is 12.2 Å². The molecule has 0 amide bonds. The Hall–Kier alpha value is -0.890. The third-order valence-corrected chi connectivity index (χ3v) is 3.57. The average Bonchev–Trinajstić information content (AvgIpc) is 2.20. The largest absolute Gasteiger partial charge is 0.399 e. The molecule has 0 aromatic heterocycles. The van der Waals surface area contributed by atoms with E-state index in [9.17, 15) is 12.8 Å². The molecule has 0 bridgehead atoms. The normalized spacial score (nSPS) is 13.6. The monoisotopic (exact) mass is 282 g/mol. The number of anilines is 1. The van der Waals surface area contributed by atoms with Crippen molar-refractivity contribution >= 4 is 27.3 Å². The van der Waals surface area contributed by atoms with Crippen LogP contribution in [-0.2, 0) is 10.0 Å². The maximum atomic E-state index is 13.5. The second-order valence-electron chi connectivity index (χ2n) is 3.52. The molecule has 17 heavy (non-hydrogen) atoms. The summed E-state index contributed by atoms with van der Waals surface area (Å²) < 4.78 is 38.9. The number of benzene rings is 1. The summed E-state index contributed by atoms with van der Waals surface area (Å²) in [5, 5.41) is 8.60. The predicted molar refractivity (Wildman–Crippen MR) is 62.7 cm³/mol. The standard InChI is InChI=1S/C9H12ClFN2O3S/c1-5(14)4-13-17(15,16)8-3-6(12)2-7(10)9(8)11/h2-3,5,13-14H,4,12H2,1H3/t5-/m0/s1. The molecule has 0 fully saturated rings. The number of aliphatic hydroxyl groups excluding tert-OH is 1. The second-order valence-corrected chi connectivity index (χ2v) is 5.66. The van der Waals surface area contributed by atoms with E-state index in [1.54, 1.807) is 0 Å². The van der Waals surface area contributed by atoms with Crippen LogP contribution < -0.4 is 10.5 Å². The van der Waals surface area contributed by atoms with E-state index in [4.69, 9.17) is 22.4 Å². The summed E-state index contributed by atoms with van der Waals surface area (Å²) in [5.41, 5.74) is 5.42. The van der Waals surface area contributed by atoms with E-state index >= 15 is 0 Å². The van der Waals surface area contributed by atoms with Crippen LogP contribution in [0.25, 0.3) is 0 Å². The summed E-state index contributed by atoms with van der Waals surface area (Å²) in [6.07, 6.45) is -0.885. The lowest BCUT2D eigenvalue weighted by Crippen LogP contribution is -2.31. The van der Waals surface area contributed by atoms with Gasteiger partial charge in [0.15, 0.2) is 5.82 Å². The van der Waals surface area contributed by atoms with Crippen molar-refractivity contribution in [2.24, 2.45) is 0 Å². The van der Waals surface area contributed by atoms with Gasteiger partial charge >= 0.3 is 0 Å². The number of hydrogen-bond acceptors (Lipinski definition) is 4. The lowest BCUT2D eigenvalue weighted by molar-refractivity contribution is 0.198. The van der Waals surface area contributed by atoms with E-state index in [1.807, 2.05) is 4.72 Å². The first-order valence-electron chi connectivity index (χ1n) is 4.66. The molecule has 4 N–H and O–H groups in total. The molecule has 96 valence electrons. The van der Waals surface area contributed by atoms with E-state index in [-0.39, 0.29) is 17.3 Å². The van der Waals surface area contributed by atoms with Crippen molar-refractivity contribution in [2.45, 2.75) is 17.9 Å². The molecule has 0 saturated carbocycles. The first kappa shape index (κ1) is 14.2. The SMILES string of the molecule is C[C@H](O)CNS(=O)(=O)c1cc(N)cc(Cl)c1F. The number of nitrogens with one attached hydrogen (secondary N) is 1. The highest BCUT2D eigenvalue weighted by Crippen LogP contribution is 2.25. The molecular weight excluding hydrogens is 271 g/mol. The van der Waals surface area contributed by atoms with Crippen LogP contribution in [0, 0.1) is 5.82 Å². The van der Waals surface area contributed by atoms with E-state index in [2.05, 4.69) is 0 Å². The van der Waals surface area contributed by atoms with Gasteiger partial charge in [0.1, 0.15) is 4.90 Å². The quantitative estimate of drug-likeness (QED) is 0.710. The van der Waals surface area contributed by atoms with Crippen molar-refractivity contribution in [2.75, 3.05) is 12.3 Å². The molecule has 0 aliphatic heterocycles. The highest BCUT2D eigenvalue weighted by molar-refractivity contribution is 7.89. The number of nitrogen functional groups attached to an aromatic ring is 1. The van der Waals surface area contributed by atoms with Gasteiger partial charge in [-0.05, 0) is 19.1 Å². The van der Waals surface area contributed by atoms with Crippen molar-refractivity contribution in [3.8, 4) is 0 Å². The van der Waals surface area contributed by atoms with Crippen LogP contribution in [0.5, 0.6) is 0 Å². The Balaban J connectivity index is 3.15. The summed E-state index contributed by atoms with van der Waals surface area (Å²) in [4.78, 5) is -0.636. The van der Waals surface area contributed by atoms with Gasteiger partial charge in [-0.3, -0.25) is 0 Å². The Bertz CT molecular complexity index is 519. The molecule has 1 aromatic carbocycles. The summed E-state index contributed by atoms with van der Waals surface area (Å²) in [6, 6.07) is 2.08. The Morgan fingerprint density at radius 1 is 1.59 bits per heavy atom. The van der Waals surface area contributed by atoms with Gasteiger partial charge in [-0.25, -0.2) is 17.5 Å². The Kier molecular flexibility index (Phi) is 4.31. The third-order valence-electron chi connectivity index (χ3n) is 1.88.